The molecule has 5 aromatic carbocycles. The number of sulfone groups is 1. The summed E-state index contributed by atoms with van der Waals surface area (Å²) < 4.78 is 101. The van der Waals surface area contributed by atoms with Gasteiger partial charge in [-0.15, -0.1) is 11.8 Å². The maximum absolute atomic E-state index is 14.7. The van der Waals surface area contributed by atoms with Crippen molar-refractivity contribution < 1.29 is 54.0 Å². The molecule has 5 fully saturated rings. The first-order valence-corrected chi connectivity index (χ1v) is 38.5. The van der Waals surface area contributed by atoms with E-state index in [1.165, 1.54) is 28.5 Å². The van der Waals surface area contributed by atoms with E-state index in [1.807, 2.05) is 59.3 Å². The predicted octanol–water partition coefficient (Wildman–Crippen LogP) is 9.97. The van der Waals surface area contributed by atoms with Crippen LogP contribution in [0.1, 0.15) is 127 Å². The number of benzene rings is 5. The summed E-state index contributed by atoms with van der Waals surface area (Å²) in [5.41, 5.74) is 1.35. The molecule has 3 N–H and O–H groups in total. The quantitative estimate of drug-likeness (QED) is 0.0518. The van der Waals surface area contributed by atoms with Gasteiger partial charge in [-0.3, -0.25) is 44.0 Å². The fourth-order valence-corrected chi connectivity index (χ4v) is 19.1. The van der Waals surface area contributed by atoms with Crippen LogP contribution in [0.4, 0.5) is 30.2 Å². The molecule has 7 aliphatic heterocycles. The number of alkyl halides is 3. The highest BCUT2D eigenvalue weighted by atomic mass is 35.5. The van der Waals surface area contributed by atoms with Crippen molar-refractivity contribution in [2.75, 3.05) is 106 Å². The van der Waals surface area contributed by atoms with Gasteiger partial charge in [0.2, 0.25) is 11.8 Å². The number of likely N-dealkylation sites (tertiary alicyclic amines) is 1. The highest BCUT2D eigenvalue weighted by Crippen LogP contribution is 2.44. The summed E-state index contributed by atoms with van der Waals surface area (Å²) >= 11 is 7.72. The Bertz CT molecular complexity index is 4140. The Kier molecular flexibility index (Phi) is 20.4. The second-order valence-corrected chi connectivity index (χ2v) is 33.4. The van der Waals surface area contributed by atoms with E-state index in [9.17, 15) is 54.0 Å². The molecule has 98 heavy (non-hydrogen) atoms. The van der Waals surface area contributed by atoms with E-state index in [0.29, 0.717) is 48.3 Å². The molecule has 19 nitrogen and oxygen atoms in total. The van der Waals surface area contributed by atoms with E-state index in [-0.39, 0.29) is 41.0 Å². The summed E-state index contributed by atoms with van der Waals surface area (Å²) in [6.45, 7) is 15.2. The number of halogens is 4. The van der Waals surface area contributed by atoms with Gasteiger partial charge in [-0.05, 0) is 185 Å². The summed E-state index contributed by atoms with van der Waals surface area (Å²) in [5.74, 6) is -2.76. The topological polar surface area (TPSA) is 212 Å². The van der Waals surface area contributed by atoms with Crippen LogP contribution in [0.15, 0.2) is 129 Å². The average Bonchev–Trinajstić information content (AvgIpc) is 1.61. The van der Waals surface area contributed by atoms with Crippen LogP contribution in [0.2, 0.25) is 5.02 Å². The minimum Gasteiger partial charge on any atom is -0.380 e. The number of hydrogen-bond acceptors (Lipinski definition) is 17. The maximum atomic E-state index is 14.7. The maximum Gasteiger partial charge on any atom is 0.501 e. The lowest BCUT2D eigenvalue weighted by atomic mass is 9.72. The van der Waals surface area contributed by atoms with E-state index >= 15 is 0 Å². The summed E-state index contributed by atoms with van der Waals surface area (Å²) in [4.78, 5) is 79.4. The molecule has 5 saturated heterocycles. The third kappa shape index (κ3) is 15.1. The zero-order valence-electron chi connectivity index (χ0n) is 55.2. The monoisotopic (exact) mass is 1420 g/mol. The highest BCUT2D eigenvalue weighted by Gasteiger charge is 2.49. The van der Waals surface area contributed by atoms with Crippen molar-refractivity contribution in [2.24, 2.45) is 5.41 Å². The van der Waals surface area contributed by atoms with Gasteiger partial charge in [0.25, 0.3) is 37.6 Å². The minimum atomic E-state index is -6.14. The Morgan fingerprint density at radius 2 is 1.41 bits per heavy atom. The molecule has 0 radical (unpaired) electrons. The average molecular weight is 1420 g/mol. The van der Waals surface area contributed by atoms with Gasteiger partial charge < -0.3 is 24.9 Å². The molecule has 5 amide bonds. The number of thioether (sulfide) groups is 1. The Balaban J connectivity index is 0.607. The lowest BCUT2D eigenvalue weighted by Gasteiger charge is -2.47. The largest absolute Gasteiger partial charge is 0.501 e. The first-order valence-electron chi connectivity index (χ1n) is 34.2. The SMILES string of the molecule is CC1(C)CCC(c2ccc(Cl)cc2)=C(CN2CCN3c4ccc(C(=O)NS(=O)(=O)c5ccc(N[C@H](CCN6CCN(C7CCN(C8CCN(c9ccc%10c(c9)C(=O)N(C9CCC(=O)NC9=O)C%10=O)CC8)CC7)CC6)CSc6ccccc6)c(S(=O)(=O)C(F)(F)F)c5)cc4CCC3C2)C1. The Hall–Kier alpha value is -6.84. The van der Waals surface area contributed by atoms with Crippen molar-refractivity contribution in [3.63, 3.8) is 0 Å². The van der Waals surface area contributed by atoms with Crippen molar-refractivity contribution >= 4 is 95.4 Å². The van der Waals surface area contributed by atoms with Crippen molar-refractivity contribution in [3.8, 4) is 0 Å². The molecule has 13 rings (SSSR count). The van der Waals surface area contributed by atoms with Crippen LogP contribution >= 0.6 is 23.4 Å². The molecule has 26 heteroatoms. The number of nitrogens with zero attached hydrogens (tertiary/aromatic N) is 7. The summed E-state index contributed by atoms with van der Waals surface area (Å²) in [7, 11) is -11.1. The molecule has 0 bridgehead atoms. The van der Waals surface area contributed by atoms with Crippen LogP contribution in [0.3, 0.4) is 0 Å². The number of carbonyl (C=O) groups is 5. The summed E-state index contributed by atoms with van der Waals surface area (Å²) in [5, 5.41) is 6.06. The van der Waals surface area contributed by atoms with Crippen LogP contribution in [0, 0.1) is 5.41 Å². The number of nitrogens with one attached hydrogen (secondary N) is 3. The van der Waals surface area contributed by atoms with E-state index in [2.05, 4.69) is 66.0 Å². The zero-order valence-corrected chi connectivity index (χ0v) is 58.4. The van der Waals surface area contributed by atoms with Gasteiger partial charge in [0, 0.05) is 135 Å². The van der Waals surface area contributed by atoms with Gasteiger partial charge in [0.15, 0.2) is 0 Å². The number of piperidine rings is 3. The minimum absolute atomic E-state index is 0.0425. The Morgan fingerprint density at radius 1 is 0.714 bits per heavy atom. The second kappa shape index (κ2) is 28.7. The molecule has 5 aromatic rings. The lowest BCUT2D eigenvalue weighted by Crippen LogP contribution is -2.55. The Morgan fingerprint density at radius 3 is 2.12 bits per heavy atom. The van der Waals surface area contributed by atoms with Crippen LogP contribution < -0.4 is 25.2 Å². The number of anilines is 3. The van der Waals surface area contributed by atoms with Crippen LogP contribution in [-0.2, 0) is 35.9 Å². The number of amides is 5. The first kappa shape index (κ1) is 69.6. The van der Waals surface area contributed by atoms with Crippen LogP contribution in [0.5, 0.6) is 0 Å². The highest BCUT2D eigenvalue weighted by molar-refractivity contribution is 7.99. The number of rotatable bonds is 19. The van der Waals surface area contributed by atoms with E-state index in [4.69, 9.17) is 11.6 Å². The number of carbonyl (C=O) groups excluding carboxylic acids is 5. The zero-order chi connectivity index (χ0) is 68.8. The van der Waals surface area contributed by atoms with E-state index in [1.54, 1.807) is 24.3 Å². The standard InChI is InChI=1S/C72H84ClF3N10O9S3/c1-71(2)28-22-59(47-8-12-51(73)13-9-47)50(43-71)44-81-36-39-85-56(45-81)14-10-48-40-49(11-19-63(48)85)67(88)79-98(94,95)58-16-18-62(65(42-58)97(92,93)72(74,75)76)77-52(46-96-57-6-4-3-5-7-57)23-29-80-34-37-84(38-35-80)54-24-30-82(31-25-54)53-26-32-83(33-27-53)55-15-17-60-61(41-55)70(91)86(69(60)90)64-20-21-66(87)78-68(64)89/h3-9,11-13,15-19,40-42,52-54,56,64,77H,10,14,20-39,43-46H2,1-2H3,(H,79,88)(H,78,87,89)/t52-,56?,64?/m1/s1. The van der Waals surface area contributed by atoms with Crippen LogP contribution in [-0.4, -0.2) is 197 Å². The van der Waals surface area contributed by atoms with Gasteiger partial charge in [-0.25, -0.2) is 21.6 Å². The molecule has 1 aliphatic carbocycles. The van der Waals surface area contributed by atoms with Gasteiger partial charge >= 0.3 is 5.51 Å². The van der Waals surface area contributed by atoms with Crippen molar-refractivity contribution in [3.05, 3.63) is 148 Å². The number of fused-ring (bicyclic) bond motifs is 4. The lowest BCUT2D eigenvalue weighted by molar-refractivity contribution is -0.136. The van der Waals surface area contributed by atoms with Gasteiger partial charge in [-0.2, -0.15) is 13.2 Å². The van der Waals surface area contributed by atoms with E-state index in [0.717, 1.165) is 169 Å². The van der Waals surface area contributed by atoms with Crippen molar-refractivity contribution in [1.82, 2.24) is 34.5 Å². The molecule has 0 saturated carbocycles. The van der Waals surface area contributed by atoms with Crippen LogP contribution in [0.25, 0.3) is 5.57 Å². The smallest absolute Gasteiger partial charge is 0.380 e. The number of allylic oxidation sites excluding steroid dienone is 1. The third-order valence-electron chi connectivity index (χ3n) is 21.4. The molecular weight excluding hydrogens is 1340 g/mol. The molecule has 522 valence electrons. The third-order valence-corrected chi connectivity index (χ3v) is 25.6. The fourth-order valence-electron chi connectivity index (χ4n) is 15.9. The molecule has 3 atom stereocenters. The normalized spacial score (nSPS) is 22.4. The van der Waals surface area contributed by atoms with Gasteiger partial charge in [0.05, 0.1) is 21.7 Å². The molecule has 8 aliphatic rings. The van der Waals surface area contributed by atoms with Gasteiger partial charge in [0.1, 0.15) is 10.9 Å². The van der Waals surface area contributed by atoms with Crippen molar-refractivity contribution in [1.29, 1.82) is 0 Å². The first-order chi connectivity index (χ1) is 46.8. The summed E-state index contributed by atoms with van der Waals surface area (Å²) in [6, 6.07) is 29.9. The van der Waals surface area contributed by atoms with Gasteiger partial charge in [-0.1, -0.05) is 61.4 Å². The number of imide groups is 2. The second-order valence-electron chi connectivity index (χ2n) is 28.2. The number of hydrogen-bond donors (Lipinski definition) is 3. The number of piperazine rings is 2. The number of aryl methyl sites for hydroxylation is 1. The molecule has 0 aromatic heterocycles. The molecule has 2 unspecified atom stereocenters. The fraction of sp³-hybridized carbons (Fsp3) is 0.486. The van der Waals surface area contributed by atoms with Crippen molar-refractivity contribution in [2.45, 2.75) is 141 Å². The number of sulfonamides is 1. The molecular formula is C72H84ClF3N10O9S3. The van der Waals surface area contributed by atoms with E-state index < -0.39 is 82.5 Å². The Labute approximate surface area is 580 Å². The predicted molar refractivity (Wildman–Crippen MR) is 373 cm³/mol. The molecule has 0 spiro atoms. The summed E-state index contributed by atoms with van der Waals surface area (Å²) in [6.07, 6.45) is 9.07. The molecule has 7 heterocycles.